The largest absolute Gasteiger partial charge is 0.326 e. The topological polar surface area (TPSA) is 88.2 Å². The number of aromatic nitrogens is 1. The summed E-state index contributed by atoms with van der Waals surface area (Å²) in [5.74, 6) is -0.0548. The molecule has 2 aromatic rings. The normalized spacial score (nSPS) is 17.4. The predicted octanol–water partition coefficient (Wildman–Crippen LogP) is 3.24. The second-order valence-corrected chi connectivity index (χ2v) is 8.01. The van der Waals surface area contributed by atoms with Crippen LogP contribution in [0.5, 0.6) is 0 Å². The average Bonchev–Trinajstić information content (AvgIpc) is 3.08. The summed E-state index contributed by atoms with van der Waals surface area (Å²) in [7, 11) is -3.67. The second kappa shape index (κ2) is 7.14. The average molecular weight is 363 g/mol. The molecule has 1 aliphatic carbocycles. The quantitative estimate of drug-likeness (QED) is 0.798. The predicted molar refractivity (Wildman–Crippen MR) is 94.5 cm³/mol. The molecule has 1 atom stereocenters. The first-order valence-electron chi connectivity index (χ1n) is 7.53. The molecule has 3 rings (SSSR count). The van der Waals surface area contributed by atoms with Gasteiger partial charge in [-0.1, -0.05) is 12.2 Å². The van der Waals surface area contributed by atoms with Crippen LogP contribution in [0.1, 0.15) is 19.3 Å². The van der Waals surface area contributed by atoms with Crippen molar-refractivity contribution >= 4 is 38.1 Å². The molecule has 0 bridgehead atoms. The van der Waals surface area contributed by atoms with Gasteiger partial charge in [0, 0.05) is 23.2 Å². The van der Waals surface area contributed by atoms with Gasteiger partial charge in [0.15, 0.2) is 5.13 Å². The summed E-state index contributed by atoms with van der Waals surface area (Å²) in [6, 6.07) is 6.11. The fraction of sp³-hybridized carbons (Fsp3) is 0.250. The van der Waals surface area contributed by atoms with Crippen LogP contribution in [0.2, 0.25) is 0 Å². The summed E-state index contributed by atoms with van der Waals surface area (Å²) >= 11 is 1.21. The number of hydrogen-bond donors (Lipinski definition) is 2. The summed E-state index contributed by atoms with van der Waals surface area (Å²) in [5.41, 5.74) is 0.586. The molecule has 8 heteroatoms. The number of thiazole rings is 1. The minimum absolute atomic E-state index is 0.0232. The van der Waals surface area contributed by atoms with Crippen molar-refractivity contribution in [3.8, 4) is 0 Å². The van der Waals surface area contributed by atoms with Crippen molar-refractivity contribution in [1.82, 2.24) is 4.98 Å². The van der Waals surface area contributed by atoms with E-state index in [0.29, 0.717) is 10.8 Å². The van der Waals surface area contributed by atoms with Crippen LogP contribution < -0.4 is 10.0 Å². The van der Waals surface area contributed by atoms with Crippen molar-refractivity contribution in [2.75, 3.05) is 10.0 Å². The summed E-state index contributed by atoms with van der Waals surface area (Å²) in [6.45, 7) is 0. The number of sulfonamides is 1. The Bertz CT molecular complexity index is 828. The summed E-state index contributed by atoms with van der Waals surface area (Å²) < 4.78 is 26.9. The lowest BCUT2D eigenvalue weighted by atomic mass is 9.93. The van der Waals surface area contributed by atoms with Gasteiger partial charge in [-0.2, -0.15) is 0 Å². The molecule has 6 nitrogen and oxygen atoms in total. The zero-order valence-corrected chi connectivity index (χ0v) is 14.4. The lowest BCUT2D eigenvalue weighted by molar-refractivity contribution is -0.120. The molecule has 2 N–H and O–H groups in total. The fourth-order valence-corrected chi connectivity index (χ4v) is 4.23. The first-order valence-corrected chi connectivity index (χ1v) is 9.89. The standard InChI is InChI=1S/C16H17N3O3S2/c20-15(12-4-2-1-3-5-12)18-13-6-8-14(9-7-13)24(21,22)19-16-17-10-11-23-16/h1-2,6-12H,3-5H2,(H,17,19)(H,18,20). The molecule has 0 spiro atoms. The zero-order chi connectivity index (χ0) is 17.0. The Kier molecular flexibility index (Phi) is 4.96. The molecule has 24 heavy (non-hydrogen) atoms. The smallest absolute Gasteiger partial charge is 0.263 e. The van der Waals surface area contributed by atoms with Gasteiger partial charge in [0.25, 0.3) is 10.0 Å². The van der Waals surface area contributed by atoms with Crippen LogP contribution in [-0.2, 0) is 14.8 Å². The van der Waals surface area contributed by atoms with E-state index in [4.69, 9.17) is 0 Å². The van der Waals surface area contributed by atoms with E-state index in [1.54, 1.807) is 17.5 Å². The van der Waals surface area contributed by atoms with Crippen LogP contribution in [-0.4, -0.2) is 19.3 Å². The highest BCUT2D eigenvalue weighted by Gasteiger charge is 2.19. The van der Waals surface area contributed by atoms with E-state index < -0.39 is 10.0 Å². The van der Waals surface area contributed by atoms with Gasteiger partial charge in [-0.25, -0.2) is 13.4 Å². The van der Waals surface area contributed by atoms with E-state index >= 15 is 0 Å². The molecule has 1 aliphatic rings. The maximum atomic E-state index is 12.2. The number of hydrogen-bond acceptors (Lipinski definition) is 5. The highest BCUT2D eigenvalue weighted by atomic mass is 32.2. The maximum Gasteiger partial charge on any atom is 0.263 e. The molecule has 0 saturated heterocycles. The Balaban J connectivity index is 1.66. The Labute approximate surface area is 144 Å². The van der Waals surface area contributed by atoms with Gasteiger partial charge in [0.1, 0.15) is 0 Å². The Morgan fingerprint density at radius 2 is 2.00 bits per heavy atom. The Morgan fingerprint density at radius 1 is 1.21 bits per heavy atom. The molecule has 1 heterocycles. The monoisotopic (exact) mass is 363 g/mol. The molecular formula is C16H17N3O3S2. The van der Waals surface area contributed by atoms with Gasteiger partial charge in [-0.3, -0.25) is 9.52 Å². The molecule has 0 radical (unpaired) electrons. The molecule has 1 unspecified atom stereocenters. The van der Waals surface area contributed by atoms with Crippen molar-refractivity contribution < 1.29 is 13.2 Å². The summed E-state index contributed by atoms with van der Waals surface area (Å²) in [4.78, 5) is 16.2. The van der Waals surface area contributed by atoms with Gasteiger partial charge in [-0.05, 0) is 43.5 Å². The number of allylic oxidation sites excluding steroid dienone is 2. The third-order valence-electron chi connectivity index (χ3n) is 3.73. The molecule has 1 aromatic carbocycles. The third kappa shape index (κ3) is 4.01. The minimum Gasteiger partial charge on any atom is -0.326 e. The molecule has 1 aromatic heterocycles. The minimum atomic E-state index is -3.67. The van der Waals surface area contributed by atoms with Crippen LogP contribution in [0.4, 0.5) is 10.8 Å². The molecule has 0 aliphatic heterocycles. The zero-order valence-electron chi connectivity index (χ0n) is 12.8. The molecule has 0 fully saturated rings. The SMILES string of the molecule is O=C(Nc1ccc(S(=O)(=O)Nc2nccs2)cc1)C1CC=CCC1. The van der Waals surface area contributed by atoms with Crippen LogP contribution in [0, 0.1) is 5.92 Å². The van der Waals surface area contributed by atoms with E-state index in [1.165, 1.54) is 29.7 Å². The van der Waals surface area contributed by atoms with Crippen molar-refractivity contribution in [1.29, 1.82) is 0 Å². The second-order valence-electron chi connectivity index (χ2n) is 5.44. The number of amides is 1. The highest BCUT2D eigenvalue weighted by molar-refractivity contribution is 7.93. The Hall–Kier alpha value is -2.19. The lowest BCUT2D eigenvalue weighted by Gasteiger charge is -2.17. The van der Waals surface area contributed by atoms with Crippen molar-refractivity contribution in [3.63, 3.8) is 0 Å². The number of carbonyl (C=O) groups is 1. The first kappa shape index (κ1) is 16.7. The van der Waals surface area contributed by atoms with Crippen molar-refractivity contribution in [2.24, 2.45) is 5.92 Å². The lowest BCUT2D eigenvalue weighted by Crippen LogP contribution is -2.23. The summed E-state index contributed by atoms with van der Waals surface area (Å²) in [5, 5.41) is 4.85. The van der Waals surface area contributed by atoms with E-state index in [9.17, 15) is 13.2 Å². The van der Waals surface area contributed by atoms with Gasteiger partial charge in [0.2, 0.25) is 5.91 Å². The highest BCUT2D eigenvalue weighted by Crippen LogP contribution is 2.22. The number of benzene rings is 1. The van der Waals surface area contributed by atoms with Gasteiger partial charge in [0.05, 0.1) is 4.90 Å². The third-order valence-corrected chi connectivity index (χ3v) is 5.90. The molecule has 1 amide bonds. The summed E-state index contributed by atoms with van der Waals surface area (Å²) in [6.07, 6.45) is 8.13. The number of nitrogens with zero attached hydrogens (tertiary/aromatic N) is 1. The van der Waals surface area contributed by atoms with Crippen LogP contribution in [0.15, 0.2) is 52.9 Å². The number of carbonyl (C=O) groups excluding carboxylic acids is 1. The maximum absolute atomic E-state index is 12.2. The Morgan fingerprint density at radius 3 is 2.62 bits per heavy atom. The van der Waals surface area contributed by atoms with E-state index in [1.807, 2.05) is 6.08 Å². The van der Waals surface area contributed by atoms with E-state index in [-0.39, 0.29) is 16.7 Å². The van der Waals surface area contributed by atoms with Gasteiger partial charge >= 0.3 is 0 Å². The molecule has 0 saturated carbocycles. The number of nitrogens with one attached hydrogen (secondary N) is 2. The number of anilines is 2. The first-order chi connectivity index (χ1) is 11.5. The van der Waals surface area contributed by atoms with Gasteiger partial charge < -0.3 is 5.32 Å². The number of rotatable bonds is 5. The van der Waals surface area contributed by atoms with Crippen molar-refractivity contribution in [2.45, 2.75) is 24.2 Å². The molecule has 126 valence electrons. The van der Waals surface area contributed by atoms with Crippen LogP contribution >= 0.6 is 11.3 Å². The van der Waals surface area contributed by atoms with Crippen molar-refractivity contribution in [3.05, 3.63) is 48.0 Å². The van der Waals surface area contributed by atoms with E-state index in [2.05, 4.69) is 21.1 Å². The van der Waals surface area contributed by atoms with E-state index in [0.717, 1.165) is 19.3 Å². The van der Waals surface area contributed by atoms with Gasteiger partial charge in [-0.15, -0.1) is 11.3 Å². The molecular weight excluding hydrogens is 346 g/mol. The van der Waals surface area contributed by atoms with Crippen LogP contribution in [0.25, 0.3) is 0 Å². The fourth-order valence-electron chi connectivity index (χ4n) is 2.44. The van der Waals surface area contributed by atoms with Crippen LogP contribution in [0.3, 0.4) is 0 Å².